The van der Waals surface area contributed by atoms with Gasteiger partial charge in [0.25, 0.3) is 0 Å². The molecule has 3 nitrogen and oxygen atoms in total. The number of nitrogens with zero attached hydrogens (tertiary/aromatic N) is 1. The molecule has 0 fully saturated rings. The number of ether oxygens (including phenoxy) is 1. The molecule has 0 bridgehead atoms. The van der Waals surface area contributed by atoms with Crippen LogP contribution in [0.5, 0.6) is 5.75 Å². The van der Waals surface area contributed by atoms with Crippen molar-refractivity contribution < 1.29 is 4.74 Å². The van der Waals surface area contributed by atoms with Gasteiger partial charge in [0.1, 0.15) is 11.8 Å². The summed E-state index contributed by atoms with van der Waals surface area (Å²) in [4.78, 5) is 0. The third-order valence-electron chi connectivity index (χ3n) is 3.11. The Labute approximate surface area is 119 Å². The van der Waals surface area contributed by atoms with Crippen LogP contribution >= 0.6 is 0 Å². The van der Waals surface area contributed by atoms with E-state index in [1.807, 2.05) is 30.3 Å². The fourth-order valence-electron chi connectivity index (χ4n) is 1.96. The molecule has 102 valence electrons. The molecule has 1 N–H and O–H groups in total. The van der Waals surface area contributed by atoms with Crippen LogP contribution in [-0.2, 0) is 13.0 Å². The smallest absolute Gasteiger partial charge is 0.174 e. The van der Waals surface area contributed by atoms with Crippen LogP contribution in [0.3, 0.4) is 0 Å². The lowest BCUT2D eigenvalue weighted by molar-refractivity contribution is 0.364. The van der Waals surface area contributed by atoms with Gasteiger partial charge in [0, 0.05) is 17.8 Å². The molecule has 2 aromatic rings. The highest BCUT2D eigenvalue weighted by molar-refractivity contribution is 5.46. The van der Waals surface area contributed by atoms with Crippen molar-refractivity contribution in [2.24, 2.45) is 0 Å². The van der Waals surface area contributed by atoms with E-state index >= 15 is 0 Å². The number of nitriles is 1. The summed E-state index contributed by atoms with van der Waals surface area (Å²) >= 11 is 0. The minimum absolute atomic E-state index is 0.0716. The van der Waals surface area contributed by atoms with E-state index < -0.39 is 0 Å². The Kier molecular flexibility index (Phi) is 5.02. The van der Waals surface area contributed by atoms with Crippen molar-refractivity contribution in [1.29, 1.82) is 5.26 Å². The van der Waals surface area contributed by atoms with Crippen LogP contribution in [-0.4, -0.2) is 6.61 Å². The number of hydrogen-bond acceptors (Lipinski definition) is 3. The molecule has 0 atom stereocenters. The van der Waals surface area contributed by atoms with Crippen LogP contribution in [0.4, 0.5) is 5.69 Å². The van der Waals surface area contributed by atoms with E-state index in [9.17, 15) is 0 Å². The first-order chi connectivity index (χ1) is 9.83. The first kappa shape index (κ1) is 14.0. The lowest BCUT2D eigenvalue weighted by Gasteiger charge is -2.11. The molecule has 0 spiro atoms. The highest BCUT2D eigenvalue weighted by Crippen LogP contribution is 2.19. The third-order valence-corrected chi connectivity index (χ3v) is 3.11. The summed E-state index contributed by atoms with van der Waals surface area (Å²) in [6.07, 6.45) is 1.05. The van der Waals surface area contributed by atoms with Crippen LogP contribution < -0.4 is 10.1 Å². The monoisotopic (exact) mass is 266 g/mol. The topological polar surface area (TPSA) is 45.0 Å². The molecular formula is C17H18N2O. The van der Waals surface area contributed by atoms with Crippen LogP contribution in [0.25, 0.3) is 0 Å². The molecule has 0 amide bonds. The molecule has 0 saturated heterocycles. The van der Waals surface area contributed by atoms with Gasteiger partial charge in [0.05, 0.1) is 0 Å². The number of aryl methyl sites for hydroxylation is 1. The number of rotatable bonds is 6. The number of anilines is 1. The van der Waals surface area contributed by atoms with Crippen LogP contribution in [0.15, 0.2) is 48.5 Å². The summed E-state index contributed by atoms with van der Waals surface area (Å²) in [6, 6.07) is 18.2. The van der Waals surface area contributed by atoms with E-state index in [1.165, 1.54) is 5.56 Å². The molecule has 20 heavy (non-hydrogen) atoms. The maximum absolute atomic E-state index is 8.59. The molecule has 0 unspecified atom stereocenters. The molecule has 0 radical (unpaired) electrons. The Morgan fingerprint density at radius 2 is 1.85 bits per heavy atom. The Bertz CT molecular complexity index is 585. The Balaban J connectivity index is 2.01. The van der Waals surface area contributed by atoms with Gasteiger partial charge in [-0.25, -0.2) is 0 Å². The zero-order chi connectivity index (χ0) is 14.2. The number of para-hydroxylation sites is 1. The average molecular weight is 266 g/mol. The van der Waals surface area contributed by atoms with Crippen LogP contribution in [0, 0.1) is 11.3 Å². The van der Waals surface area contributed by atoms with Crippen molar-refractivity contribution in [2.45, 2.75) is 19.9 Å². The van der Waals surface area contributed by atoms with E-state index in [0.29, 0.717) is 6.54 Å². The normalized spacial score (nSPS) is 9.80. The SMILES string of the molecule is CCc1ccc(NCc2ccccc2OCC#N)cc1. The molecule has 0 aromatic heterocycles. The first-order valence-corrected chi connectivity index (χ1v) is 6.74. The maximum Gasteiger partial charge on any atom is 0.174 e. The summed E-state index contributed by atoms with van der Waals surface area (Å²) in [5.41, 5.74) is 3.45. The Hall–Kier alpha value is -2.47. The van der Waals surface area contributed by atoms with E-state index in [0.717, 1.165) is 23.4 Å². The van der Waals surface area contributed by atoms with Gasteiger partial charge in [-0.05, 0) is 30.2 Å². The largest absolute Gasteiger partial charge is 0.478 e. The van der Waals surface area contributed by atoms with Crippen molar-refractivity contribution in [1.82, 2.24) is 0 Å². The van der Waals surface area contributed by atoms with Crippen LogP contribution in [0.2, 0.25) is 0 Å². The second-order valence-corrected chi connectivity index (χ2v) is 4.46. The van der Waals surface area contributed by atoms with E-state index in [2.05, 4.69) is 36.5 Å². The third kappa shape index (κ3) is 3.76. The first-order valence-electron chi connectivity index (χ1n) is 6.74. The van der Waals surface area contributed by atoms with E-state index in [-0.39, 0.29) is 6.61 Å². The quantitative estimate of drug-likeness (QED) is 0.865. The van der Waals surface area contributed by atoms with Gasteiger partial charge in [-0.3, -0.25) is 0 Å². The summed E-state index contributed by atoms with van der Waals surface area (Å²) in [5, 5.41) is 12.0. The molecule has 3 heteroatoms. The van der Waals surface area contributed by atoms with Gasteiger partial charge < -0.3 is 10.1 Å². The highest BCUT2D eigenvalue weighted by Gasteiger charge is 2.02. The molecule has 0 heterocycles. The lowest BCUT2D eigenvalue weighted by atomic mass is 10.1. The second-order valence-electron chi connectivity index (χ2n) is 4.46. The summed E-state index contributed by atoms with van der Waals surface area (Å²) < 4.78 is 5.41. The van der Waals surface area contributed by atoms with Crippen molar-refractivity contribution in [3.8, 4) is 11.8 Å². The zero-order valence-electron chi connectivity index (χ0n) is 11.6. The average Bonchev–Trinajstić information content (AvgIpc) is 2.52. The molecule has 0 saturated carbocycles. The fraction of sp³-hybridized carbons (Fsp3) is 0.235. The van der Waals surface area contributed by atoms with Gasteiger partial charge >= 0.3 is 0 Å². The lowest BCUT2D eigenvalue weighted by Crippen LogP contribution is -2.03. The molecule has 0 aliphatic carbocycles. The van der Waals surface area contributed by atoms with Crippen molar-refractivity contribution in [3.63, 3.8) is 0 Å². The van der Waals surface area contributed by atoms with Gasteiger partial charge in [-0.15, -0.1) is 0 Å². The summed E-state index contributed by atoms with van der Waals surface area (Å²) in [5.74, 6) is 0.756. The molecule has 2 rings (SSSR count). The van der Waals surface area contributed by atoms with Gasteiger partial charge in [0.2, 0.25) is 0 Å². The number of hydrogen-bond donors (Lipinski definition) is 1. The highest BCUT2D eigenvalue weighted by atomic mass is 16.5. The molecule has 0 aliphatic rings. The van der Waals surface area contributed by atoms with Gasteiger partial charge in [-0.2, -0.15) is 5.26 Å². The predicted octanol–water partition coefficient (Wildman–Crippen LogP) is 3.76. The fourth-order valence-corrected chi connectivity index (χ4v) is 1.96. The van der Waals surface area contributed by atoms with Gasteiger partial charge in [-0.1, -0.05) is 37.3 Å². The molecule has 2 aromatic carbocycles. The zero-order valence-corrected chi connectivity index (χ0v) is 11.6. The predicted molar refractivity (Wildman–Crippen MR) is 80.7 cm³/mol. The van der Waals surface area contributed by atoms with E-state index in [1.54, 1.807) is 0 Å². The summed E-state index contributed by atoms with van der Waals surface area (Å²) in [6.45, 7) is 2.89. The van der Waals surface area contributed by atoms with E-state index in [4.69, 9.17) is 10.00 Å². The Morgan fingerprint density at radius 3 is 2.55 bits per heavy atom. The second kappa shape index (κ2) is 7.20. The maximum atomic E-state index is 8.59. The van der Waals surface area contributed by atoms with Crippen molar-refractivity contribution in [2.75, 3.05) is 11.9 Å². The van der Waals surface area contributed by atoms with Crippen molar-refractivity contribution in [3.05, 3.63) is 59.7 Å². The molecular weight excluding hydrogens is 248 g/mol. The molecule has 0 aliphatic heterocycles. The standard InChI is InChI=1S/C17H18N2O/c1-2-14-7-9-16(10-8-14)19-13-15-5-3-4-6-17(15)20-12-11-18/h3-10,19H,2,12-13H2,1H3. The number of nitrogens with one attached hydrogen (secondary N) is 1. The summed E-state index contributed by atoms with van der Waals surface area (Å²) in [7, 11) is 0. The minimum atomic E-state index is 0.0716. The van der Waals surface area contributed by atoms with Gasteiger partial charge in [0.15, 0.2) is 6.61 Å². The Morgan fingerprint density at radius 1 is 1.10 bits per heavy atom. The number of benzene rings is 2. The minimum Gasteiger partial charge on any atom is -0.478 e. The van der Waals surface area contributed by atoms with Crippen molar-refractivity contribution >= 4 is 5.69 Å². The van der Waals surface area contributed by atoms with Crippen LogP contribution in [0.1, 0.15) is 18.1 Å².